The molecule has 2 aromatic carbocycles. The molecule has 7 heteroatoms. The molecular weight excluding hydrogens is 360 g/mol. The number of esters is 1. The maximum atomic E-state index is 12.3. The molecule has 3 rings (SSSR count). The fraction of sp³-hybridized carbons (Fsp3) is 0.333. The molecule has 148 valence electrons. The van der Waals surface area contributed by atoms with Gasteiger partial charge in [0.05, 0.1) is 5.56 Å². The summed E-state index contributed by atoms with van der Waals surface area (Å²) in [6.07, 6.45) is 2.06. The zero-order valence-corrected chi connectivity index (χ0v) is 15.8. The SMILES string of the molecule is CCCCNc1ccccc1C(=O)OCC(=O)NCc1ccc2c(c1)OCO2. The van der Waals surface area contributed by atoms with E-state index in [2.05, 4.69) is 17.6 Å². The summed E-state index contributed by atoms with van der Waals surface area (Å²) in [6.45, 7) is 3.05. The van der Waals surface area contributed by atoms with Gasteiger partial charge in [-0.25, -0.2) is 4.79 Å². The monoisotopic (exact) mass is 384 g/mol. The van der Waals surface area contributed by atoms with E-state index in [1.165, 1.54) is 0 Å². The summed E-state index contributed by atoms with van der Waals surface area (Å²) in [5.41, 5.74) is 2.00. The maximum absolute atomic E-state index is 12.3. The van der Waals surface area contributed by atoms with Crippen LogP contribution in [0.25, 0.3) is 0 Å². The molecule has 1 aliphatic rings. The van der Waals surface area contributed by atoms with Crippen molar-refractivity contribution in [3.05, 3.63) is 53.6 Å². The van der Waals surface area contributed by atoms with E-state index in [0.29, 0.717) is 29.3 Å². The third kappa shape index (κ3) is 5.16. The van der Waals surface area contributed by atoms with Crippen molar-refractivity contribution in [2.24, 2.45) is 0 Å². The number of benzene rings is 2. The van der Waals surface area contributed by atoms with Gasteiger partial charge in [0.15, 0.2) is 18.1 Å². The molecule has 0 aliphatic carbocycles. The summed E-state index contributed by atoms with van der Waals surface area (Å²) >= 11 is 0. The maximum Gasteiger partial charge on any atom is 0.340 e. The number of anilines is 1. The number of carbonyl (C=O) groups excluding carboxylic acids is 2. The van der Waals surface area contributed by atoms with E-state index in [4.69, 9.17) is 14.2 Å². The van der Waals surface area contributed by atoms with E-state index >= 15 is 0 Å². The lowest BCUT2D eigenvalue weighted by molar-refractivity contribution is -0.124. The van der Waals surface area contributed by atoms with Gasteiger partial charge in [-0.15, -0.1) is 0 Å². The summed E-state index contributed by atoms with van der Waals surface area (Å²) in [5.74, 6) is 0.445. The molecule has 0 saturated carbocycles. The lowest BCUT2D eigenvalue weighted by Crippen LogP contribution is -2.28. The van der Waals surface area contributed by atoms with Crippen molar-refractivity contribution in [1.82, 2.24) is 5.32 Å². The quantitative estimate of drug-likeness (QED) is 0.510. The smallest absolute Gasteiger partial charge is 0.340 e. The van der Waals surface area contributed by atoms with Gasteiger partial charge >= 0.3 is 5.97 Å². The molecule has 0 spiro atoms. The van der Waals surface area contributed by atoms with E-state index in [9.17, 15) is 9.59 Å². The zero-order valence-electron chi connectivity index (χ0n) is 15.8. The first kappa shape index (κ1) is 19.5. The topological polar surface area (TPSA) is 85.9 Å². The van der Waals surface area contributed by atoms with Crippen LogP contribution < -0.4 is 20.1 Å². The number of hydrogen-bond donors (Lipinski definition) is 2. The third-order valence-electron chi connectivity index (χ3n) is 4.25. The number of para-hydroxylation sites is 1. The number of amides is 1. The molecule has 0 saturated heterocycles. The molecule has 1 heterocycles. The Morgan fingerprint density at radius 1 is 1.11 bits per heavy atom. The van der Waals surface area contributed by atoms with E-state index < -0.39 is 5.97 Å². The molecule has 28 heavy (non-hydrogen) atoms. The minimum absolute atomic E-state index is 0.204. The molecule has 1 amide bonds. The predicted molar refractivity (Wildman–Crippen MR) is 105 cm³/mol. The summed E-state index contributed by atoms with van der Waals surface area (Å²) in [5, 5.41) is 5.95. The Kier molecular flexibility index (Phi) is 6.73. The number of carbonyl (C=O) groups is 2. The summed E-state index contributed by atoms with van der Waals surface area (Å²) in [4.78, 5) is 24.4. The average Bonchev–Trinajstić information content (AvgIpc) is 3.19. The second-order valence-corrected chi connectivity index (χ2v) is 6.37. The second kappa shape index (κ2) is 9.64. The molecule has 0 bridgehead atoms. The first-order valence-corrected chi connectivity index (χ1v) is 9.32. The summed E-state index contributed by atoms with van der Waals surface area (Å²) in [7, 11) is 0. The van der Waals surface area contributed by atoms with Gasteiger partial charge in [0.2, 0.25) is 6.79 Å². The van der Waals surface area contributed by atoms with Crippen LogP contribution in [0.1, 0.15) is 35.7 Å². The molecule has 0 fully saturated rings. The highest BCUT2D eigenvalue weighted by Gasteiger charge is 2.15. The standard InChI is InChI=1S/C21H24N2O5/c1-2-3-10-22-17-7-5-4-6-16(17)21(25)26-13-20(24)23-12-15-8-9-18-19(11-15)28-14-27-18/h4-9,11,22H,2-3,10,12-14H2,1H3,(H,23,24). The van der Waals surface area contributed by atoms with Crippen molar-refractivity contribution < 1.29 is 23.8 Å². The van der Waals surface area contributed by atoms with Crippen molar-refractivity contribution in [3.63, 3.8) is 0 Å². The van der Waals surface area contributed by atoms with Gasteiger partial charge in [-0.05, 0) is 36.2 Å². The molecule has 2 N–H and O–H groups in total. The van der Waals surface area contributed by atoms with Gasteiger partial charge in [-0.1, -0.05) is 31.5 Å². The van der Waals surface area contributed by atoms with Gasteiger partial charge in [0.1, 0.15) is 0 Å². The average molecular weight is 384 g/mol. The van der Waals surface area contributed by atoms with E-state index in [1.807, 2.05) is 24.3 Å². The number of ether oxygens (including phenoxy) is 3. The summed E-state index contributed by atoms with van der Waals surface area (Å²) in [6, 6.07) is 12.6. The number of rotatable bonds is 9. The van der Waals surface area contributed by atoms with Crippen LogP contribution in [0.5, 0.6) is 11.5 Å². The van der Waals surface area contributed by atoms with Crippen LogP contribution in [-0.4, -0.2) is 31.8 Å². The van der Waals surface area contributed by atoms with Gasteiger partial charge in [-0.2, -0.15) is 0 Å². The Bertz CT molecular complexity index is 837. The lowest BCUT2D eigenvalue weighted by atomic mass is 10.1. The van der Waals surface area contributed by atoms with Gasteiger partial charge < -0.3 is 24.8 Å². The lowest BCUT2D eigenvalue weighted by Gasteiger charge is -2.11. The molecule has 0 atom stereocenters. The van der Waals surface area contributed by atoms with Crippen LogP contribution in [0.15, 0.2) is 42.5 Å². The van der Waals surface area contributed by atoms with E-state index in [-0.39, 0.29) is 19.3 Å². The Morgan fingerprint density at radius 2 is 1.93 bits per heavy atom. The van der Waals surface area contributed by atoms with Crippen molar-refractivity contribution in [2.75, 3.05) is 25.3 Å². The predicted octanol–water partition coefficient (Wildman–Crippen LogP) is 3.10. The van der Waals surface area contributed by atoms with Crippen LogP contribution in [0, 0.1) is 0 Å². The largest absolute Gasteiger partial charge is 0.454 e. The molecule has 7 nitrogen and oxygen atoms in total. The number of unbranched alkanes of at least 4 members (excludes halogenated alkanes) is 1. The first-order valence-electron chi connectivity index (χ1n) is 9.32. The van der Waals surface area contributed by atoms with Crippen molar-refractivity contribution in [1.29, 1.82) is 0 Å². The Labute approximate surface area is 164 Å². The molecule has 0 unspecified atom stereocenters. The number of hydrogen-bond acceptors (Lipinski definition) is 6. The Hall–Kier alpha value is -3.22. The molecule has 0 aromatic heterocycles. The minimum atomic E-state index is -0.530. The fourth-order valence-electron chi connectivity index (χ4n) is 2.73. The van der Waals surface area contributed by atoms with Crippen LogP contribution in [0.3, 0.4) is 0 Å². The van der Waals surface area contributed by atoms with E-state index in [0.717, 1.165) is 24.9 Å². The van der Waals surface area contributed by atoms with Crippen LogP contribution in [0.4, 0.5) is 5.69 Å². The molecular formula is C21H24N2O5. The normalized spacial score (nSPS) is 11.8. The third-order valence-corrected chi connectivity index (χ3v) is 4.25. The Balaban J connectivity index is 1.47. The molecule has 0 radical (unpaired) electrons. The molecule has 1 aliphatic heterocycles. The van der Waals surface area contributed by atoms with Gasteiger partial charge in [0.25, 0.3) is 5.91 Å². The fourth-order valence-corrected chi connectivity index (χ4v) is 2.73. The van der Waals surface area contributed by atoms with Gasteiger partial charge in [-0.3, -0.25) is 4.79 Å². The first-order chi connectivity index (χ1) is 13.7. The van der Waals surface area contributed by atoms with Crippen LogP contribution in [-0.2, 0) is 16.1 Å². The van der Waals surface area contributed by atoms with E-state index in [1.54, 1.807) is 18.2 Å². The number of fused-ring (bicyclic) bond motifs is 1. The highest BCUT2D eigenvalue weighted by Crippen LogP contribution is 2.32. The minimum Gasteiger partial charge on any atom is -0.454 e. The van der Waals surface area contributed by atoms with Crippen LogP contribution in [0.2, 0.25) is 0 Å². The van der Waals surface area contributed by atoms with Crippen molar-refractivity contribution in [2.45, 2.75) is 26.3 Å². The Morgan fingerprint density at radius 3 is 2.79 bits per heavy atom. The van der Waals surface area contributed by atoms with Crippen molar-refractivity contribution in [3.8, 4) is 11.5 Å². The van der Waals surface area contributed by atoms with Crippen LogP contribution >= 0.6 is 0 Å². The highest BCUT2D eigenvalue weighted by molar-refractivity contribution is 5.96. The number of nitrogens with one attached hydrogen (secondary N) is 2. The summed E-state index contributed by atoms with van der Waals surface area (Å²) < 4.78 is 15.7. The van der Waals surface area contributed by atoms with Gasteiger partial charge in [0, 0.05) is 18.8 Å². The zero-order chi connectivity index (χ0) is 19.8. The highest BCUT2D eigenvalue weighted by atomic mass is 16.7. The second-order valence-electron chi connectivity index (χ2n) is 6.37. The van der Waals surface area contributed by atoms with Crippen molar-refractivity contribution >= 4 is 17.6 Å². The molecule has 2 aromatic rings.